The molecule has 5 heteroatoms. The van der Waals surface area contributed by atoms with E-state index in [0.717, 1.165) is 41.5 Å². The van der Waals surface area contributed by atoms with Gasteiger partial charge in [0, 0.05) is 43.5 Å². The van der Waals surface area contributed by atoms with E-state index in [9.17, 15) is 9.59 Å². The van der Waals surface area contributed by atoms with Gasteiger partial charge in [-0.2, -0.15) is 0 Å². The Bertz CT molecular complexity index is 854. The zero-order valence-electron chi connectivity index (χ0n) is 15.0. The largest absolute Gasteiger partial charge is 0.451 e. The lowest BCUT2D eigenvalue weighted by Gasteiger charge is -2.35. The highest BCUT2D eigenvalue weighted by Gasteiger charge is 2.39. The molecule has 0 saturated carbocycles. The van der Waals surface area contributed by atoms with Crippen LogP contribution < -0.4 is 0 Å². The predicted octanol–water partition coefficient (Wildman–Crippen LogP) is 3.13. The van der Waals surface area contributed by atoms with Crippen molar-refractivity contribution in [3.05, 3.63) is 35.1 Å². The van der Waals surface area contributed by atoms with Crippen LogP contribution in [0.3, 0.4) is 0 Å². The van der Waals surface area contributed by atoms with Gasteiger partial charge in [0.15, 0.2) is 5.76 Å². The molecule has 2 amide bonds. The molecule has 25 heavy (non-hydrogen) atoms. The summed E-state index contributed by atoms with van der Waals surface area (Å²) in [7, 11) is 0. The lowest BCUT2D eigenvalue weighted by Crippen LogP contribution is -2.47. The number of rotatable bonds is 1. The summed E-state index contributed by atoms with van der Waals surface area (Å²) in [6.45, 7) is 7.69. The number of benzene rings is 1. The fourth-order valence-electron chi connectivity index (χ4n) is 4.25. The number of aryl methyl sites for hydroxylation is 2. The monoisotopic (exact) mass is 340 g/mol. The minimum Gasteiger partial charge on any atom is -0.451 e. The average Bonchev–Trinajstić information content (AvgIpc) is 2.76. The molecule has 132 valence electrons. The smallest absolute Gasteiger partial charge is 0.290 e. The van der Waals surface area contributed by atoms with E-state index in [0.29, 0.717) is 24.8 Å². The van der Waals surface area contributed by atoms with Gasteiger partial charge < -0.3 is 14.2 Å². The van der Waals surface area contributed by atoms with Gasteiger partial charge >= 0.3 is 0 Å². The number of furan rings is 1. The second-order valence-electron chi connectivity index (χ2n) is 7.53. The van der Waals surface area contributed by atoms with Crippen LogP contribution in [0.2, 0.25) is 0 Å². The van der Waals surface area contributed by atoms with Crippen LogP contribution in [0.15, 0.2) is 22.6 Å². The summed E-state index contributed by atoms with van der Waals surface area (Å²) in [6, 6.07) is 6.12. The molecule has 0 aliphatic carbocycles. The highest BCUT2D eigenvalue weighted by atomic mass is 16.3. The molecule has 3 saturated heterocycles. The Morgan fingerprint density at radius 2 is 1.92 bits per heavy atom. The Hall–Kier alpha value is -2.30. The van der Waals surface area contributed by atoms with Crippen molar-refractivity contribution in [1.82, 2.24) is 9.80 Å². The van der Waals surface area contributed by atoms with Crippen molar-refractivity contribution in [2.75, 3.05) is 19.6 Å². The van der Waals surface area contributed by atoms with E-state index >= 15 is 0 Å². The predicted molar refractivity (Wildman–Crippen MR) is 95.5 cm³/mol. The summed E-state index contributed by atoms with van der Waals surface area (Å²) in [5, 5.41) is 0.999. The molecule has 1 aromatic heterocycles. The third kappa shape index (κ3) is 2.71. The Morgan fingerprint density at radius 3 is 2.68 bits per heavy atom. The lowest BCUT2D eigenvalue weighted by molar-refractivity contribution is -0.129. The number of amides is 2. The maximum Gasteiger partial charge on any atom is 0.290 e. The number of nitrogens with zero attached hydrogens (tertiary/aromatic N) is 2. The van der Waals surface area contributed by atoms with E-state index in [4.69, 9.17) is 4.42 Å². The molecule has 5 nitrogen and oxygen atoms in total. The number of piperidine rings is 1. The molecule has 4 heterocycles. The van der Waals surface area contributed by atoms with Gasteiger partial charge in [0.25, 0.3) is 5.91 Å². The van der Waals surface area contributed by atoms with Gasteiger partial charge in [-0.15, -0.1) is 0 Å². The van der Waals surface area contributed by atoms with Crippen LogP contribution in [0, 0.1) is 19.8 Å². The quantitative estimate of drug-likeness (QED) is 0.801. The van der Waals surface area contributed by atoms with Crippen LogP contribution >= 0.6 is 0 Å². The van der Waals surface area contributed by atoms with Gasteiger partial charge in [-0.05, 0) is 44.2 Å². The minimum absolute atomic E-state index is 0.0357. The van der Waals surface area contributed by atoms with Gasteiger partial charge in [0.1, 0.15) is 5.58 Å². The molecule has 3 aliphatic heterocycles. The molecule has 1 aromatic carbocycles. The number of carbonyl (C=O) groups is 2. The molecule has 2 bridgehead atoms. The van der Waals surface area contributed by atoms with Gasteiger partial charge in [-0.25, -0.2) is 0 Å². The van der Waals surface area contributed by atoms with E-state index in [1.165, 1.54) is 0 Å². The summed E-state index contributed by atoms with van der Waals surface area (Å²) in [4.78, 5) is 28.9. The second kappa shape index (κ2) is 5.90. The van der Waals surface area contributed by atoms with Crippen molar-refractivity contribution >= 4 is 22.8 Å². The van der Waals surface area contributed by atoms with Crippen LogP contribution in [0.25, 0.3) is 11.0 Å². The van der Waals surface area contributed by atoms with Crippen molar-refractivity contribution in [3.63, 3.8) is 0 Å². The first-order valence-corrected chi connectivity index (χ1v) is 9.00. The second-order valence-corrected chi connectivity index (χ2v) is 7.53. The first-order chi connectivity index (χ1) is 11.9. The van der Waals surface area contributed by atoms with E-state index in [-0.39, 0.29) is 17.9 Å². The highest BCUT2D eigenvalue weighted by molar-refractivity contribution is 5.99. The molecule has 3 fully saturated rings. The Balaban J connectivity index is 1.67. The third-order valence-electron chi connectivity index (χ3n) is 5.71. The zero-order chi connectivity index (χ0) is 17.7. The SMILES string of the molecule is CC(=O)N1C[C@@H]2CC[C@H](C1)N(C(=O)c1oc3cc(C)ccc3c1C)C2. The van der Waals surface area contributed by atoms with Gasteiger partial charge in [0.2, 0.25) is 5.91 Å². The molecular formula is C20H24N2O3. The van der Waals surface area contributed by atoms with Crippen molar-refractivity contribution in [3.8, 4) is 0 Å². The van der Waals surface area contributed by atoms with Gasteiger partial charge in [-0.1, -0.05) is 12.1 Å². The third-order valence-corrected chi connectivity index (χ3v) is 5.71. The molecule has 5 rings (SSSR count). The maximum atomic E-state index is 13.2. The highest BCUT2D eigenvalue weighted by Crippen LogP contribution is 2.32. The normalized spacial score (nSPS) is 23.2. The van der Waals surface area contributed by atoms with Crippen LogP contribution in [0.1, 0.15) is 41.4 Å². The average molecular weight is 340 g/mol. The Labute approximate surface area is 147 Å². The summed E-state index contributed by atoms with van der Waals surface area (Å²) >= 11 is 0. The van der Waals surface area contributed by atoms with Crippen molar-refractivity contribution in [2.24, 2.45) is 5.92 Å². The van der Waals surface area contributed by atoms with Crippen LogP contribution in [-0.4, -0.2) is 47.3 Å². The van der Waals surface area contributed by atoms with E-state index in [1.807, 2.05) is 41.8 Å². The molecular weight excluding hydrogens is 316 g/mol. The maximum absolute atomic E-state index is 13.2. The number of hydrogen-bond donors (Lipinski definition) is 0. The molecule has 2 aromatic rings. The van der Waals surface area contributed by atoms with E-state index in [1.54, 1.807) is 6.92 Å². The topological polar surface area (TPSA) is 53.8 Å². The van der Waals surface area contributed by atoms with Gasteiger partial charge in [0.05, 0.1) is 0 Å². The fourth-order valence-corrected chi connectivity index (χ4v) is 4.25. The lowest BCUT2D eigenvalue weighted by atomic mass is 9.94. The van der Waals surface area contributed by atoms with Crippen molar-refractivity contribution < 1.29 is 14.0 Å². The Kier molecular flexibility index (Phi) is 3.82. The summed E-state index contributed by atoms with van der Waals surface area (Å²) in [5.74, 6) is 0.870. The molecule has 0 unspecified atom stereocenters. The molecule has 2 atom stereocenters. The molecule has 0 spiro atoms. The summed E-state index contributed by atoms with van der Waals surface area (Å²) < 4.78 is 5.95. The first-order valence-electron chi connectivity index (χ1n) is 9.00. The van der Waals surface area contributed by atoms with E-state index in [2.05, 4.69) is 0 Å². The Morgan fingerprint density at radius 1 is 1.12 bits per heavy atom. The number of carbonyl (C=O) groups excluding carboxylic acids is 2. The van der Waals surface area contributed by atoms with E-state index < -0.39 is 0 Å². The summed E-state index contributed by atoms with van der Waals surface area (Å²) in [5.41, 5.74) is 2.79. The molecule has 0 N–H and O–H groups in total. The number of hydrogen-bond acceptors (Lipinski definition) is 3. The number of fused-ring (bicyclic) bond motifs is 5. The fraction of sp³-hybridized carbons (Fsp3) is 0.500. The van der Waals surface area contributed by atoms with Crippen LogP contribution in [-0.2, 0) is 4.79 Å². The van der Waals surface area contributed by atoms with Crippen molar-refractivity contribution in [2.45, 2.75) is 39.7 Å². The zero-order valence-corrected chi connectivity index (χ0v) is 15.0. The summed E-state index contributed by atoms with van der Waals surface area (Å²) in [6.07, 6.45) is 2.04. The minimum atomic E-state index is -0.0357. The van der Waals surface area contributed by atoms with Crippen molar-refractivity contribution in [1.29, 1.82) is 0 Å². The molecule has 0 radical (unpaired) electrons. The molecule has 3 aliphatic rings. The standard InChI is InChI=1S/C20H24N2O3/c1-12-4-7-17-13(2)19(25-18(17)8-12)20(24)22-10-15-5-6-16(22)11-21(9-15)14(3)23/h4,7-8,15-16H,5-6,9-11H2,1-3H3/t15-,16+/m0/s1. The van der Waals surface area contributed by atoms with Crippen LogP contribution in [0.5, 0.6) is 0 Å². The van der Waals surface area contributed by atoms with Gasteiger partial charge in [-0.3, -0.25) is 9.59 Å². The first kappa shape index (κ1) is 16.2. The van der Waals surface area contributed by atoms with Crippen LogP contribution in [0.4, 0.5) is 0 Å².